The molecule has 2 aliphatic heterocycles. The van der Waals surface area contributed by atoms with Crippen molar-refractivity contribution in [1.29, 1.82) is 0 Å². The number of ether oxygens (including phenoxy) is 1. The van der Waals surface area contributed by atoms with Crippen molar-refractivity contribution in [2.75, 3.05) is 42.4 Å². The number of benzene rings is 2. The van der Waals surface area contributed by atoms with Gasteiger partial charge in [0.1, 0.15) is 18.0 Å². The molecule has 1 atom stereocenters. The number of anilines is 2. The van der Waals surface area contributed by atoms with E-state index in [1.54, 1.807) is 18.2 Å². The lowest BCUT2D eigenvalue weighted by Gasteiger charge is -2.34. The highest BCUT2D eigenvalue weighted by Crippen LogP contribution is 2.43. The molecule has 2 aromatic rings. The number of aromatic carboxylic acids is 1. The first-order valence-corrected chi connectivity index (χ1v) is 13.2. The Morgan fingerprint density at radius 2 is 2.06 bits per heavy atom. The van der Waals surface area contributed by atoms with Gasteiger partial charge in [-0.3, -0.25) is 4.72 Å². The minimum absolute atomic E-state index is 0.101. The minimum atomic E-state index is -4.24. The third kappa shape index (κ3) is 5.13. The number of sulfonamides is 1. The summed E-state index contributed by atoms with van der Waals surface area (Å²) in [5, 5.41) is 9.94. The predicted molar refractivity (Wildman–Crippen MR) is 133 cm³/mol. The maximum atomic E-state index is 14.0. The van der Waals surface area contributed by atoms with Gasteiger partial charge < -0.3 is 19.6 Å². The number of hydrogen-bond acceptors (Lipinski definition) is 6. The Morgan fingerprint density at radius 3 is 2.77 bits per heavy atom. The third-order valence-electron chi connectivity index (χ3n) is 6.52. The molecule has 0 saturated carbocycles. The fraction of sp³-hybridized carbons (Fsp3) is 0.400. The monoisotopic (exact) mass is 503 g/mol. The number of carboxylic acids is 1. The van der Waals surface area contributed by atoms with Gasteiger partial charge in [-0.15, -0.1) is 0 Å². The molecule has 2 heterocycles. The van der Waals surface area contributed by atoms with Gasteiger partial charge in [0, 0.05) is 13.1 Å². The molecule has 35 heavy (non-hydrogen) atoms. The number of fused-ring (bicyclic) bond motifs is 3. The Bertz CT molecular complexity index is 1240. The molecule has 8 nitrogen and oxygen atoms in total. The summed E-state index contributed by atoms with van der Waals surface area (Å²) in [5.41, 5.74) is 0.491. The number of halogens is 1. The van der Waals surface area contributed by atoms with Crippen LogP contribution in [-0.4, -0.2) is 63.2 Å². The van der Waals surface area contributed by atoms with Crippen LogP contribution in [0.4, 0.5) is 15.8 Å². The van der Waals surface area contributed by atoms with Gasteiger partial charge >= 0.3 is 5.97 Å². The Kier molecular flexibility index (Phi) is 7.32. The van der Waals surface area contributed by atoms with E-state index >= 15 is 0 Å². The molecule has 2 aliphatic rings. The highest BCUT2D eigenvalue weighted by molar-refractivity contribution is 7.92. The molecule has 10 heteroatoms. The van der Waals surface area contributed by atoms with Crippen molar-refractivity contribution in [3.05, 3.63) is 53.4 Å². The van der Waals surface area contributed by atoms with Crippen molar-refractivity contribution in [3.8, 4) is 5.75 Å². The van der Waals surface area contributed by atoms with Crippen molar-refractivity contribution in [2.24, 2.45) is 0 Å². The Labute approximate surface area is 205 Å². The molecule has 0 spiro atoms. The highest BCUT2D eigenvalue weighted by atomic mass is 32.2. The second kappa shape index (κ2) is 10.2. The quantitative estimate of drug-likeness (QED) is 0.533. The average molecular weight is 504 g/mol. The van der Waals surface area contributed by atoms with Crippen LogP contribution in [0, 0.1) is 5.82 Å². The smallest absolute Gasteiger partial charge is 0.341 e. The number of nitrogens with zero attached hydrogens (tertiary/aromatic N) is 2. The van der Waals surface area contributed by atoms with Crippen LogP contribution in [0.15, 0.2) is 41.3 Å². The van der Waals surface area contributed by atoms with E-state index in [0.717, 1.165) is 44.6 Å². The second-order valence-corrected chi connectivity index (χ2v) is 10.3. The van der Waals surface area contributed by atoms with Gasteiger partial charge in [-0.1, -0.05) is 26.0 Å². The van der Waals surface area contributed by atoms with E-state index in [1.807, 2.05) is 13.8 Å². The Morgan fingerprint density at radius 1 is 1.29 bits per heavy atom. The number of nitrogens with one attached hydrogen (secondary N) is 1. The predicted octanol–water partition coefficient (Wildman–Crippen LogP) is 4.04. The van der Waals surface area contributed by atoms with Crippen molar-refractivity contribution in [2.45, 2.75) is 37.6 Å². The fourth-order valence-corrected chi connectivity index (χ4v) is 5.91. The van der Waals surface area contributed by atoms with Crippen molar-refractivity contribution >= 4 is 33.4 Å². The van der Waals surface area contributed by atoms with Crippen LogP contribution in [0.2, 0.25) is 0 Å². The molecular weight excluding hydrogens is 473 g/mol. The number of carboxylic acid groups (broad SMARTS) is 1. The SMILES string of the molecule is CCN(CC)CC=Cc1cc(F)ccc1S(=O)(=O)Nc1ccc2c(c1C(=O)O)OC[C@H]1CCCN21. The first kappa shape index (κ1) is 25.0. The summed E-state index contributed by atoms with van der Waals surface area (Å²) in [6.07, 6.45) is 5.30. The Balaban J connectivity index is 1.68. The standard InChI is InChI=1S/C25H30FN3O5S/c1-3-28(4-2)13-5-7-17-15-18(26)9-12-22(17)35(32,33)27-20-10-11-21-24(23(20)25(30)31)34-16-19-8-6-14-29(19)21/h5,7,9-12,15,19,27H,3-4,6,8,13-14,16H2,1-2H3,(H,30,31)/t19-/m1/s1. The van der Waals surface area contributed by atoms with Gasteiger partial charge in [0.05, 0.1) is 22.3 Å². The summed E-state index contributed by atoms with van der Waals surface area (Å²) in [6, 6.07) is 6.72. The van der Waals surface area contributed by atoms with Gasteiger partial charge in [-0.25, -0.2) is 17.6 Å². The van der Waals surface area contributed by atoms with Crippen molar-refractivity contribution in [3.63, 3.8) is 0 Å². The van der Waals surface area contributed by atoms with E-state index in [0.29, 0.717) is 18.8 Å². The lowest BCUT2D eigenvalue weighted by atomic mass is 10.1. The first-order valence-electron chi connectivity index (χ1n) is 11.8. The van der Waals surface area contributed by atoms with E-state index in [4.69, 9.17) is 4.74 Å². The van der Waals surface area contributed by atoms with E-state index in [1.165, 1.54) is 12.1 Å². The molecule has 2 aromatic carbocycles. The van der Waals surface area contributed by atoms with Gasteiger partial charge in [-0.05, 0) is 61.8 Å². The normalized spacial score (nSPS) is 17.4. The summed E-state index contributed by atoms with van der Waals surface area (Å²) in [5.74, 6) is -1.70. The van der Waals surface area contributed by atoms with Crippen molar-refractivity contribution in [1.82, 2.24) is 4.90 Å². The molecule has 0 aromatic heterocycles. The van der Waals surface area contributed by atoms with Crippen LogP contribution in [0.1, 0.15) is 42.6 Å². The van der Waals surface area contributed by atoms with Gasteiger partial charge in [0.2, 0.25) is 0 Å². The van der Waals surface area contributed by atoms with E-state index in [2.05, 4.69) is 14.5 Å². The molecule has 0 radical (unpaired) electrons. The van der Waals surface area contributed by atoms with Crippen LogP contribution in [-0.2, 0) is 10.0 Å². The Hall–Kier alpha value is -3.11. The zero-order valence-corrected chi connectivity index (χ0v) is 20.6. The molecule has 0 aliphatic carbocycles. The third-order valence-corrected chi connectivity index (χ3v) is 7.96. The maximum Gasteiger partial charge on any atom is 0.341 e. The summed E-state index contributed by atoms with van der Waals surface area (Å²) >= 11 is 0. The largest absolute Gasteiger partial charge is 0.488 e. The number of carbonyl (C=O) groups is 1. The number of rotatable bonds is 9. The van der Waals surface area contributed by atoms with Gasteiger partial charge in [0.25, 0.3) is 10.0 Å². The summed E-state index contributed by atoms with van der Waals surface area (Å²) < 4.78 is 48.9. The van der Waals surface area contributed by atoms with Crippen LogP contribution >= 0.6 is 0 Å². The lowest BCUT2D eigenvalue weighted by molar-refractivity contribution is 0.0692. The maximum absolute atomic E-state index is 14.0. The van der Waals surface area contributed by atoms with E-state index in [9.17, 15) is 22.7 Å². The minimum Gasteiger partial charge on any atom is -0.488 e. The number of hydrogen-bond donors (Lipinski definition) is 2. The van der Waals surface area contributed by atoms with Crippen LogP contribution in [0.5, 0.6) is 5.75 Å². The summed E-state index contributed by atoms with van der Waals surface area (Å²) in [7, 11) is -4.24. The number of likely N-dealkylation sites (N-methyl/N-ethyl adjacent to an activating group) is 1. The fourth-order valence-electron chi connectivity index (χ4n) is 4.65. The van der Waals surface area contributed by atoms with E-state index in [-0.39, 0.29) is 33.5 Å². The summed E-state index contributed by atoms with van der Waals surface area (Å²) in [6.45, 7) is 7.42. The van der Waals surface area contributed by atoms with Gasteiger partial charge in [0.15, 0.2) is 5.75 Å². The van der Waals surface area contributed by atoms with Crippen LogP contribution in [0.3, 0.4) is 0 Å². The molecule has 1 fully saturated rings. The lowest BCUT2D eigenvalue weighted by Crippen LogP contribution is -2.38. The van der Waals surface area contributed by atoms with Gasteiger partial charge in [-0.2, -0.15) is 0 Å². The second-order valence-electron chi connectivity index (χ2n) is 8.62. The molecule has 188 valence electrons. The zero-order chi connectivity index (χ0) is 25.2. The molecule has 0 amide bonds. The molecule has 2 N–H and O–H groups in total. The summed E-state index contributed by atoms with van der Waals surface area (Å²) in [4.78, 5) is 16.3. The van der Waals surface area contributed by atoms with Crippen LogP contribution in [0.25, 0.3) is 6.08 Å². The molecule has 4 rings (SSSR count). The topological polar surface area (TPSA) is 99.2 Å². The molecule has 0 bridgehead atoms. The average Bonchev–Trinajstić information content (AvgIpc) is 3.30. The van der Waals surface area contributed by atoms with Crippen molar-refractivity contribution < 1.29 is 27.4 Å². The molecule has 1 saturated heterocycles. The van der Waals surface area contributed by atoms with Crippen LogP contribution < -0.4 is 14.4 Å². The molecular formula is C25H30FN3O5S. The first-order chi connectivity index (χ1) is 16.7. The van der Waals surface area contributed by atoms with E-state index < -0.39 is 21.8 Å². The molecule has 0 unspecified atom stereocenters. The zero-order valence-electron chi connectivity index (χ0n) is 19.8. The highest BCUT2D eigenvalue weighted by Gasteiger charge is 2.35.